The second kappa shape index (κ2) is 17.8. The molecule has 1 amide bonds. The van der Waals surface area contributed by atoms with E-state index < -0.39 is 23.5 Å². The molecule has 3 aliphatic carbocycles. The molecular weight excluding hydrogens is 792 g/mol. The van der Waals surface area contributed by atoms with Crippen molar-refractivity contribution in [2.45, 2.75) is 107 Å². The molecule has 61 heavy (non-hydrogen) atoms. The molecule has 5 aromatic rings. The lowest BCUT2D eigenvalue weighted by atomic mass is 9.59. The minimum atomic E-state index is -1.17. The number of rotatable bonds is 16. The molecule has 2 aromatic heterocycles. The van der Waals surface area contributed by atoms with Crippen LogP contribution in [-0.2, 0) is 32.6 Å². The fourth-order valence-electron chi connectivity index (χ4n) is 10.4. The second-order valence-corrected chi connectivity index (χ2v) is 18.1. The van der Waals surface area contributed by atoms with Gasteiger partial charge in [-0.25, -0.2) is 9.59 Å². The Kier molecular flexibility index (Phi) is 12.3. The predicted molar refractivity (Wildman–Crippen MR) is 236 cm³/mol. The first-order valence-electron chi connectivity index (χ1n) is 21.7. The Morgan fingerprint density at radius 1 is 1.00 bits per heavy atom. The number of halogens is 1. The van der Waals surface area contributed by atoms with E-state index in [2.05, 4.69) is 46.6 Å². The van der Waals surface area contributed by atoms with Crippen LogP contribution < -0.4 is 20.1 Å². The number of ether oxygens (including phenoxy) is 2. The Morgan fingerprint density at radius 3 is 2.62 bits per heavy atom. The first-order valence-corrected chi connectivity index (χ1v) is 22.0. The number of aromatic amines is 1. The lowest BCUT2D eigenvalue weighted by molar-refractivity contribution is -0.144. The van der Waals surface area contributed by atoms with Crippen LogP contribution >= 0.6 is 11.6 Å². The SMILES string of the molecule is C[C@@H](COc1ccnc2c1[C@H](C)CCC2)C[C@H]1Cc2ccc(OCCCC(=O)N[C@@H](C(=O)O)c3ccc4cc[nH]c4c3)cc2C12CCC(Nc1cccc(Cl)c1)(C(=O)O)CC2. The zero-order valence-electron chi connectivity index (χ0n) is 34.8. The van der Waals surface area contributed by atoms with Gasteiger partial charge in [0.1, 0.15) is 17.0 Å². The molecule has 11 nitrogen and oxygen atoms in total. The van der Waals surface area contributed by atoms with E-state index in [0.29, 0.717) is 66.7 Å². The lowest BCUT2D eigenvalue weighted by Crippen LogP contribution is -2.53. The summed E-state index contributed by atoms with van der Waals surface area (Å²) in [6, 6.07) is 21.5. The fourth-order valence-corrected chi connectivity index (χ4v) is 10.5. The number of hydrogen-bond donors (Lipinski definition) is 5. The minimum Gasteiger partial charge on any atom is -0.494 e. The zero-order valence-corrected chi connectivity index (χ0v) is 35.6. The Bertz CT molecular complexity index is 2410. The number of fused-ring (bicyclic) bond motifs is 4. The van der Waals surface area contributed by atoms with Crippen LogP contribution in [0.25, 0.3) is 10.9 Å². The van der Waals surface area contributed by atoms with E-state index in [1.165, 1.54) is 16.7 Å². The average molecular weight is 847 g/mol. The topological polar surface area (TPSA) is 163 Å². The number of carbonyl (C=O) groups is 3. The summed E-state index contributed by atoms with van der Waals surface area (Å²) in [4.78, 5) is 45.9. The van der Waals surface area contributed by atoms with Crippen LogP contribution in [0.2, 0.25) is 5.02 Å². The smallest absolute Gasteiger partial charge is 0.330 e. The summed E-state index contributed by atoms with van der Waals surface area (Å²) in [5, 5.41) is 28.2. The fraction of sp³-hybridized carbons (Fsp3) is 0.429. The first-order chi connectivity index (χ1) is 29.4. The molecule has 5 N–H and O–H groups in total. The van der Waals surface area contributed by atoms with Crippen LogP contribution in [0.1, 0.15) is 112 Å². The highest BCUT2D eigenvalue weighted by Crippen LogP contribution is 2.57. The van der Waals surface area contributed by atoms with E-state index in [1.807, 2.05) is 42.6 Å². The largest absolute Gasteiger partial charge is 0.494 e. The van der Waals surface area contributed by atoms with E-state index in [-0.39, 0.29) is 36.2 Å². The number of amides is 1. The molecular formula is C49H55ClN4O7. The number of aryl methyl sites for hydroxylation is 1. The third-order valence-electron chi connectivity index (χ3n) is 13.5. The normalized spacial score (nSPS) is 22.8. The number of H-pyrrole nitrogens is 1. The van der Waals surface area contributed by atoms with Crippen LogP contribution in [0, 0.1) is 11.8 Å². The van der Waals surface area contributed by atoms with Crippen molar-refractivity contribution in [3.05, 3.63) is 118 Å². The van der Waals surface area contributed by atoms with E-state index in [1.54, 1.807) is 30.5 Å². The number of nitrogens with one attached hydrogen (secondary N) is 3. The van der Waals surface area contributed by atoms with Crippen molar-refractivity contribution < 1.29 is 34.1 Å². The summed E-state index contributed by atoms with van der Waals surface area (Å²) in [6.07, 6.45) is 11.5. The maximum Gasteiger partial charge on any atom is 0.330 e. The van der Waals surface area contributed by atoms with Gasteiger partial charge in [0, 0.05) is 46.3 Å². The van der Waals surface area contributed by atoms with Gasteiger partial charge in [-0.2, -0.15) is 0 Å². The van der Waals surface area contributed by atoms with Gasteiger partial charge in [0.15, 0.2) is 6.04 Å². The highest BCUT2D eigenvalue weighted by atomic mass is 35.5. The van der Waals surface area contributed by atoms with Gasteiger partial charge in [0.2, 0.25) is 5.91 Å². The van der Waals surface area contributed by atoms with Crippen LogP contribution in [0.4, 0.5) is 5.69 Å². The highest BCUT2D eigenvalue weighted by molar-refractivity contribution is 6.30. The minimum absolute atomic E-state index is 0.101. The van der Waals surface area contributed by atoms with Crippen molar-refractivity contribution in [2.24, 2.45) is 11.8 Å². The van der Waals surface area contributed by atoms with Crippen LogP contribution in [0.5, 0.6) is 11.5 Å². The molecule has 2 heterocycles. The summed E-state index contributed by atoms with van der Waals surface area (Å²) in [6.45, 7) is 5.36. The van der Waals surface area contributed by atoms with Gasteiger partial charge in [0.05, 0.1) is 13.2 Å². The van der Waals surface area contributed by atoms with Gasteiger partial charge in [0.25, 0.3) is 0 Å². The molecule has 320 valence electrons. The molecule has 3 aliphatic rings. The maximum absolute atomic E-state index is 13.1. The van der Waals surface area contributed by atoms with E-state index in [4.69, 9.17) is 21.1 Å². The molecule has 8 rings (SSSR count). The number of carboxylic acid groups (broad SMARTS) is 2. The van der Waals surface area contributed by atoms with Crippen LogP contribution in [-0.4, -0.2) is 56.8 Å². The van der Waals surface area contributed by atoms with Gasteiger partial charge in [-0.15, -0.1) is 0 Å². The third kappa shape index (κ3) is 8.94. The third-order valence-corrected chi connectivity index (χ3v) is 13.8. The molecule has 12 heteroatoms. The van der Waals surface area contributed by atoms with Gasteiger partial charge in [-0.1, -0.05) is 49.7 Å². The summed E-state index contributed by atoms with van der Waals surface area (Å²) < 4.78 is 12.9. The Labute approximate surface area is 361 Å². The molecule has 1 fully saturated rings. The maximum atomic E-state index is 13.1. The zero-order chi connectivity index (χ0) is 42.7. The molecule has 0 aliphatic heterocycles. The molecule has 4 atom stereocenters. The number of hydrogen-bond acceptors (Lipinski definition) is 7. The number of aromatic nitrogens is 2. The average Bonchev–Trinajstić information content (AvgIpc) is 3.83. The van der Waals surface area contributed by atoms with E-state index in [0.717, 1.165) is 54.5 Å². The number of pyridine rings is 1. The summed E-state index contributed by atoms with van der Waals surface area (Å²) >= 11 is 6.30. The number of aliphatic carboxylic acids is 2. The quantitative estimate of drug-likeness (QED) is 0.0609. The van der Waals surface area contributed by atoms with Gasteiger partial charge in [-0.05, 0) is 158 Å². The van der Waals surface area contributed by atoms with Crippen LogP contribution in [0.15, 0.2) is 85.2 Å². The summed E-state index contributed by atoms with van der Waals surface area (Å²) in [5.74, 6) is 0.199. The molecule has 0 unspecified atom stereocenters. The molecule has 0 radical (unpaired) electrons. The number of carbonyl (C=O) groups excluding carboxylic acids is 1. The summed E-state index contributed by atoms with van der Waals surface area (Å²) in [5.41, 5.74) is 5.44. The van der Waals surface area contributed by atoms with Crippen molar-refractivity contribution >= 4 is 46.0 Å². The lowest BCUT2D eigenvalue weighted by Gasteiger charge is -2.47. The van der Waals surface area contributed by atoms with Crippen molar-refractivity contribution in [1.82, 2.24) is 15.3 Å². The molecule has 1 saturated carbocycles. The number of carboxylic acids is 2. The second-order valence-electron chi connectivity index (χ2n) is 17.6. The number of anilines is 1. The monoisotopic (exact) mass is 846 g/mol. The first kappa shape index (κ1) is 42.2. The molecule has 0 bridgehead atoms. The molecule has 1 spiro atoms. The van der Waals surface area contributed by atoms with Crippen molar-refractivity contribution in [1.29, 1.82) is 0 Å². The summed E-state index contributed by atoms with van der Waals surface area (Å²) in [7, 11) is 0. The van der Waals surface area contributed by atoms with Crippen molar-refractivity contribution in [2.75, 3.05) is 18.5 Å². The van der Waals surface area contributed by atoms with Gasteiger partial charge >= 0.3 is 11.9 Å². The van der Waals surface area contributed by atoms with Crippen molar-refractivity contribution in [3.8, 4) is 11.5 Å². The number of benzene rings is 3. The Morgan fingerprint density at radius 2 is 1.84 bits per heavy atom. The highest BCUT2D eigenvalue weighted by Gasteiger charge is 2.54. The van der Waals surface area contributed by atoms with E-state index in [9.17, 15) is 24.6 Å². The predicted octanol–water partition coefficient (Wildman–Crippen LogP) is 9.78. The standard InChI is InChI=1S/C49H55ClN4O7/c1-30(29-61-42-16-22-51-40-9-3-6-31(2)44(40)42)24-35-25-33-13-14-38(60-23-5-10-43(55)53-45(46(56)57)34-12-11-32-15-21-52-41(32)26-34)28-39(33)48(35)17-19-49(20-18-48,47(58)59)54-37-8-4-7-36(50)27-37/h4,7-8,11-16,21-22,26-28,30-31,35,45,52,54H,3,5-6,9-10,17-20,23-25,29H2,1-2H3,(H,53,55)(H,56,57)(H,58,59)/t30-,31-,35+,45-,48?,49?/m1/s1. The van der Waals surface area contributed by atoms with Crippen LogP contribution in [0.3, 0.4) is 0 Å². The van der Waals surface area contributed by atoms with Gasteiger partial charge in [-0.3, -0.25) is 9.78 Å². The Balaban J connectivity index is 0.957. The number of nitrogens with zero attached hydrogens (tertiary/aromatic N) is 1. The Hall–Kier alpha value is -5.55. The molecule has 0 saturated heterocycles. The van der Waals surface area contributed by atoms with Crippen molar-refractivity contribution in [3.63, 3.8) is 0 Å². The van der Waals surface area contributed by atoms with E-state index >= 15 is 0 Å². The molecule has 3 aromatic carbocycles. The van der Waals surface area contributed by atoms with Gasteiger partial charge < -0.3 is 35.3 Å².